The van der Waals surface area contributed by atoms with E-state index in [4.69, 9.17) is 9.47 Å². The molecule has 0 spiro atoms. The molecule has 200 valence electrons. The van der Waals surface area contributed by atoms with Crippen molar-refractivity contribution in [3.05, 3.63) is 89.0 Å². The highest BCUT2D eigenvalue weighted by atomic mass is 16.7. The number of carbonyl (C=O) groups excluding carboxylic acids is 5. The van der Waals surface area contributed by atoms with Crippen LogP contribution >= 0.6 is 0 Å². The third-order valence-corrected chi connectivity index (χ3v) is 5.80. The van der Waals surface area contributed by atoms with Crippen molar-refractivity contribution in [2.45, 2.75) is 33.2 Å². The number of rotatable bonds is 6. The van der Waals surface area contributed by atoms with Crippen LogP contribution < -0.4 is 15.4 Å². The maximum Gasteiger partial charge on any atom is 0.513 e. The van der Waals surface area contributed by atoms with Gasteiger partial charge in [-0.2, -0.15) is 0 Å². The molecule has 0 aliphatic carbocycles. The minimum atomic E-state index is -0.825. The highest BCUT2D eigenvalue weighted by molar-refractivity contribution is 6.22. The predicted octanol–water partition coefficient (Wildman–Crippen LogP) is 5.12. The van der Waals surface area contributed by atoms with Gasteiger partial charge in [0, 0.05) is 28.0 Å². The fourth-order valence-electron chi connectivity index (χ4n) is 3.95. The molecule has 0 aromatic heterocycles. The van der Waals surface area contributed by atoms with Crippen molar-refractivity contribution in [2.24, 2.45) is 0 Å². The van der Waals surface area contributed by atoms with Crippen LogP contribution in [0, 0.1) is 0 Å². The first-order chi connectivity index (χ1) is 18.5. The maximum absolute atomic E-state index is 12.8. The van der Waals surface area contributed by atoms with E-state index in [1.54, 1.807) is 52.0 Å². The molecule has 0 fully saturated rings. The summed E-state index contributed by atoms with van der Waals surface area (Å²) in [4.78, 5) is 63.4. The molecule has 1 aliphatic heterocycles. The van der Waals surface area contributed by atoms with Crippen molar-refractivity contribution < 1.29 is 33.4 Å². The third kappa shape index (κ3) is 5.96. The molecule has 0 atom stereocenters. The Kier molecular flexibility index (Phi) is 7.48. The Morgan fingerprint density at radius 3 is 1.79 bits per heavy atom. The Bertz CT molecular complexity index is 1460. The van der Waals surface area contributed by atoms with E-state index in [-0.39, 0.29) is 40.9 Å². The van der Waals surface area contributed by atoms with Gasteiger partial charge in [-0.25, -0.2) is 4.79 Å². The number of nitrogens with zero attached hydrogens (tertiary/aromatic N) is 1. The molecule has 0 bridgehead atoms. The largest absolute Gasteiger partial charge is 0.513 e. The number of amides is 4. The summed E-state index contributed by atoms with van der Waals surface area (Å²) in [5, 5.41) is 5.49. The average molecular weight is 530 g/mol. The average Bonchev–Trinajstić information content (AvgIpc) is 3.15. The Morgan fingerprint density at radius 1 is 0.744 bits per heavy atom. The molecule has 3 aromatic carbocycles. The van der Waals surface area contributed by atoms with E-state index in [0.29, 0.717) is 16.9 Å². The van der Waals surface area contributed by atoms with Gasteiger partial charge >= 0.3 is 6.16 Å². The van der Waals surface area contributed by atoms with Crippen LogP contribution in [0.15, 0.2) is 66.7 Å². The van der Waals surface area contributed by atoms with Crippen LogP contribution in [-0.2, 0) is 4.74 Å². The van der Waals surface area contributed by atoms with Gasteiger partial charge in [-0.1, -0.05) is 0 Å². The van der Waals surface area contributed by atoms with Crippen LogP contribution in [-0.4, -0.2) is 46.8 Å². The van der Waals surface area contributed by atoms with Crippen LogP contribution in [0.5, 0.6) is 5.75 Å². The van der Waals surface area contributed by atoms with E-state index < -0.39 is 23.5 Å². The van der Waals surface area contributed by atoms with Crippen LogP contribution in [0.25, 0.3) is 0 Å². The SMILES string of the molecule is CCOC(=O)Oc1ccc(C(=O)Nc2ccc(NC(=O)c3ccc4c(c3)C(=O)N(C(C)(C)C)C4=O)cc2)cc1. The number of ether oxygens (including phenoxy) is 2. The number of carbonyl (C=O) groups is 5. The van der Waals surface area contributed by atoms with Crippen molar-refractivity contribution in [3.63, 3.8) is 0 Å². The fourth-order valence-corrected chi connectivity index (χ4v) is 3.95. The molecule has 10 heteroatoms. The standard InChI is InChI=1S/C29H27N3O7/c1-5-38-28(37)39-21-13-6-17(7-14-21)24(33)30-19-9-11-20(12-10-19)31-25(34)18-8-15-22-23(16-18)27(36)32(26(22)35)29(2,3)4/h6-16H,5H2,1-4H3,(H,30,33)(H,31,34). The van der Waals surface area contributed by atoms with E-state index in [9.17, 15) is 24.0 Å². The van der Waals surface area contributed by atoms with Gasteiger partial charge in [0.25, 0.3) is 23.6 Å². The number of anilines is 2. The Morgan fingerprint density at radius 2 is 1.26 bits per heavy atom. The molecule has 0 radical (unpaired) electrons. The van der Waals surface area contributed by atoms with Crippen LogP contribution in [0.2, 0.25) is 0 Å². The van der Waals surface area contributed by atoms with E-state index in [1.807, 2.05) is 0 Å². The highest BCUT2D eigenvalue weighted by Crippen LogP contribution is 2.30. The molecule has 1 heterocycles. The van der Waals surface area contributed by atoms with Gasteiger partial charge in [0.15, 0.2) is 0 Å². The first-order valence-electron chi connectivity index (χ1n) is 12.2. The van der Waals surface area contributed by atoms with Crippen LogP contribution in [0.4, 0.5) is 16.2 Å². The molecule has 39 heavy (non-hydrogen) atoms. The third-order valence-electron chi connectivity index (χ3n) is 5.80. The second-order valence-electron chi connectivity index (χ2n) is 9.67. The summed E-state index contributed by atoms with van der Waals surface area (Å²) in [6.45, 7) is 7.17. The lowest BCUT2D eigenvalue weighted by atomic mass is 10.1. The zero-order valence-corrected chi connectivity index (χ0v) is 21.9. The van der Waals surface area contributed by atoms with Gasteiger partial charge in [0.2, 0.25) is 0 Å². The van der Waals surface area contributed by atoms with Gasteiger partial charge in [-0.3, -0.25) is 24.1 Å². The number of hydrogen-bond donors (Lipinski definition) is 2. The number of nitrogens with one attached hydrogen (secondary N) is 2. The Hall–Kier alpha value is -4.99. The molecule has 4 rings (SSSR count). The Labute approximate surface area is 224 Å². The highest BCUT2D eigenvalue weighted by Gasteiger charge is 2.42. The summed E-state index contributed by atoms with van der Waals surface area (Å²) in [5.41, 5.74) is 1.33. The van der Waals surface area contributed by atoms with Crippen molar-refractivity contribution in [1.82, 2.24) is 4.90 Å². The first-order valence-corrected chi connectivity index (χ1v) is 12.2. The van der Waals surface area contributed by atoms with Crippen molar-refractivity contribution in [1.29, 1.82) is 0 Å². The lowest BCUT2D eigenvalue weighted by Gasteiger charge is -2.29. The molecule has 2 N–H and O–H groups in total. The predicted molar refractivity (Wildman–Crippen MR) is 143 cm³/mol. The van der Waals surface area contributed by atoms with Gasteiger partial charge in [0.05, 0.1) is 17.7 Å². The summed E-state index contributed by atoms with van der Waals surface area (Å²) >= 11 is 0. The maximum atomic E-state index is 12.8. The number of fused-ring (bicyclic) bond motifs is 1. The van der Waals surface area contributed by atoms with E-state index in [1.165, 1.54) is 47.4 Å². The van der Waals surface area contributed by atoms with Gasteiger partial charge < -0.3 is 20.1 Å². The molecule has 3 aromatic rings. The molecule has 0 saturated heterocycles. The monoisotopic (exact) mass is 529 g/mol. The number of imide groups is 1. The summed E-state index contributed by atoms with van der Waals surface area (Å²) in [6.07, 6.45) is -0.825. The minimum absolute atomic E-state index is 0.190. The molecular weight excluding hydrogens is 502 g/mol. The molecular formula is C29H27N3O7. The molecule has 0 saturated carbocycles. The normalized spacial score (nSPS) is 12.6. The van der Waals surface area contributed by atoms with E-state index in [0.717, 1.165) is 0 Å². The number of benzene rings is 3. The van der Waals surface area contributed by atoms with Crippen molar-refractivity contribution in [3.8, 4) is 5.75 Å². The lowest BCUT2D eigenvalue weighted by Crippen LogP contribution is -2.45. The number of hydrogen-bond acceptors (Lipinski definition) is 7. The first kappa shape index (κ1) is 27.1. The van der Waals surface area contributed by atoms with Crippen LogP contribution in [0.1, 0.15) is 69.1 Å². The topological polar surface area (TPSA) is 131 Å². The summed E-state index contributed by atoms with van der Waals surface area (Å²) in [7, 11) is 0. The van der Waals surface area contributed by atoms with Crippen molar-refractivity contribution in [2.75, 3.05) is 17.2 Å². The zero-order valence-electron chi connectivity index (χ0n) is 21.9. The summed E-state index contributed by atoms with van der Waals surface area (Å²) in [5.74, 6) is -1.40. The molecule has 10 nitrogen and oxygen atoms in total. The summed E-state index contributed by atoms with van der Waals surface area (Å²) in [6, 6.07) is 16.9. The van der Waals surface area contributed by atoms with Gasteiger partial charge in [0.1, 0.15) is 5.75 Å². The molecule has 1 aliphatic rings. The van der Waals surface area contributed by atoms with E-state index >= 15 is 0 Å². The summed E-state index contributed by atoms with van der Waals surface area (Å²) < 4.78 is 9.68. The van der Waals surface area contributed by atoms with Crippen molar-refractivity contribution >= 4 is 41.2 Å². The van der Waals surface area contributed by atoms with E-state index in [2.05, 4.69) is 10.6 Å². The molecule has 0 unspecified atom stereocenters. The second-order valence-corrected chi connectivity index (χ2v) is 9.67. The smallest absolute Gasteiger partial charge is 0.434 e. The second kappa shape index (κ2) is 10.8. The van der Waals surface area contributed by atoms with Gasteiger partial charge in [-0.05, 0) is 94.4 Å². The lowest BCUT2D eigenvalue weighted by molar-refractivity contribution is 0.0507. The fraction of sp³-hybridized carbons (Fsp3) is 0.207. The van der Waals surface area contributed by atoms with Gasteiger partial charge in [-0.15, -0.1) is 0 Å². The Balaban J connectivity index is 1.37. The quantitative estimate of drug-likeness (QED) is 0.257. The van der Waals surface area contributed by atoms with Crippen LogP contribution in [0.3, 0.4) is 0 Å². The zero-order chi connectivity index (χ0) is 28.3. The minimum Gasteiger partial charge on any atom is -0.434 e. The molecule has 4 amide bonds.